The maximum absolute atomic E-state index is 13.5. The zero-order valence-corrected chi connectivity index (χ0v) is 21.8. The Morgan fingerprint density at radius 3 is 2.34 bits per heavy atom. The highest BCUT2D eigenvalue weighted by Gasteiger charge is 2.38. The van der Waals surface area contributed by atoms with Gasteiger partial charge in [0.15, 0.2) is 0 Å². The van der Waals surface area contributed by atoms with Crippen LogP contribution in [0.15, 0.2) is 5.16 Å². The third-order valence-corrected chi connectivity index (χ3v) is 7.44. The summed E-state index contributed by atoms with van der Waals surface area (Å²) in [5.74, 6) is 0.647. The topological polar surface area (TPSA) is 146 Å². The van der Waals surface area contributed by atoms with Gasteiger partial charge in [-0.05, 0) is 70.6 Å². The number of carbonyl (C=O) groups is 3. The van der Waals surface area contributed by atoms with Gasteiger partial charge in [0.2, 0.25) is 11.8 Å². The molecule has 1 saturated heterocycles. The molecule has 200 valence electrons. The van der Waals surface area contributed by atoms with Crippen LogP contribution in [0.4, 0.5) is 4.79 Å². The van der Waals surface area contributed by atoms with Crippen molar-refractivity contribution in [2.75, 3.05) is 13.1 Å². The van der Waals surface area contributed by atoms with E-state index in [2.05, 4.69) is 29.6 Å². The van der Waals surface area contributed by atoms with Gasteiger partial charge in [-0.1, -0.05) is 31.8 Å². The fraction of sp³-hybridized carbons (Fsp3) is 0.840. The quantitative estimate of drug-likeness (QED) is 0.150. The summed E-state index contributed by atoms with van der Waals surface area (Å²) in [4.78, 5) is 40.5. The summed E-state index contributed by atoms with van der Waals surface area (Å²) in [5.41, 5.74) is 5.73. The smallest absolute Gasteiger partial charge is 0.408 e. The number of hydrogen-bond donors (Lipinski definition) is 4. The fourth-order valence-electron chi connectivity index (χ4n) is 5.18. The fourth-order valence-corrected chi connectivity index (χ4v) is 5.18. The van der Waals surface area contributed by atoms with Gasteiger partial charge in [0.1, 0.15) is 17.9 Å². The number of nitrogens with one attached hydrogen (secondary N) is 2. The van der Waals surface area contributed by atoms with Crippen molar-refractivity contribution in [1.82, 2.24) is 15.5 Å². The SMILES string of the molecule is CCC(CC)C[C@@H](NC(=O)OC(C)C)C(=O)N1CCC[C@H]1C(=O)NCC1CCC(C(N)=NO)CC1. The van der Waals surface area contributed by atoms with E-state index in [0.717, 1.165) is 44.9 Å². The molecule has 3 amide bonds. The molecule has 2 fully saturated rings. The van der Waals surface area contributed by atoms with Crippen LogP contribution in [-0.2, 0) is 14.3 Å². The summed E-state index contributed by atoms with van der Waals surface area (Å²) in [6.45, 7) is 8.73. The number of hydrogen-bond acceptors (Lipinski definition) is 6. The van der Waals surface area contributed by atoms with Crippen molar-refractivity contribution in [2.24, 2.45) is 28.6 Å². The van der Waals surface area contributed by atoms with Crippen LogP contribution in [0.1, 0.15) is 85.5 Å². The predicted molar refractivity (Wildman–Crippen MR) is 134 cm³/mol. The first kappa shape index (κ1) is 28.7. The van der Waals surface area contributed by atoms with E-state index in [0.29, 0.717) is 37.8 Å². The minimum atomic E-state index is -0.714. The van der Waals surface area contributed by atoms with Crippen molar-refractivity contribution >= 4 is 23.7 Å². The van der Waals surface area contributed by atoms with Gasteiger partial charge in [0.25, 0.3) is 0 Å². The van der Waals surface area contributed by atoms with Crippen LogP contribution in [0, 0.1) is 17.8 Å². The number of carbonyl (C=O) groups excluding carboxylic acids is 3. The van der Waals surface area contributed by atoms with Crippen molar-refractivity contribution in [2.45, 2.75) is 104 Å². The highest BCUT2D eigenvalue weighted by atomic mass is 16.6. The molecule has 0 bridgehead atoms. The van der Waals surface area contributed by atoms with Crippen LogP contribution >= 0.6 is 0 Å². The molecule has 0 spiro atoms. The van der Waals surface area contributed by atoms with Gasteiger partial charge >= 0.3 is 6.09 Å². The number of oxime groups is 1. The van der Waals surface area contributed by atoms with E-state index >= 15 is 0 Å². The van der Waals surface area contributed by atoms with Gasteiger partial charge in [-0.2, -0.15) is 0 Å². The normalized spacial score (nSPS) is 23.9. The lowest BCUT2D eigenvalue weighted by molar-refractivity contribution is -0.140. The summed E-state index contributed by atoms with van der Waals surface area (Å²) >= 11 is 0. The Labute approximate surface area is 209 Å². The average molecular weight is 496 g/mol. The number of likely N-dealkylation sites (tertiary alicyclic amines) is 1. The lowest BCUT2D eigenvalue weighted by Crippen LogP contribution is -2.54. The Bertz CT molecular complexity index is 732. The van der Waals surface area contributed by atoms with Crippen LogP contribution in [0.5, 0.6) is 0 Å². The molecular formula is C25H45N5O5. The molecule has 0 radical (unpaired) electrons. The molecule has 0 aromatic rings. The zero-order chi connectivity index (χ0) is 26.0. The van der Waals surface area contributed by atoms with Crippen molar-refractivity contribution in [3.05, 3.63) is 0 Å². The molecule has 2 atom stereocenters. The van der Waals surface area contributed by atoms with Gasteiger partial charge in [-0.3, -0.25) is 9.59 Å². The van der Waals surface area contributed by atoms with Crippen LogP contribution in [-0.4, -0.2) is 65.1 Å². The molecule has 2 rings (SSSR count). The van der Waals surface area contributed by atoms with E-state index in [-0.39, 0.29) is 29.7 Å². The molecule has 0 aromatic heterocycles. The Kier molecular flexibility index (Phi) is 11.6. The molecule has 1 aliphatic heterocycles. The van der Waals surface area contributed by atoms with E-state index < -0.39 is 18.2 Å². The molecule has 10 nitrogen and oxygen atoms in total. The van der Waals surface area contributed by atoms with Gasteiger partial charge < -0.3 is 31.2 Å². The second-order valence-corrected chi connectivity index (χ2v) is 10.2. The Morgan fingerprint density at radius 2 is 1.77 bits per heavy atom. The monoisotopic (exact) mass is 495 g/mol. The van der Waals surface area contributed by atoms with Crippen LogP contribution < -0.4 is 16.4 Å². The van der Waals surface area contributed by atoms with Gasteiger partial charge in [-0.25, -0.2) is 4.79 Å². The van der Waals surface area contributed by atoms with E-state index in [1.807, 2.05) is 0 Å². The number of nitrogens with zero attached hydrogens (tertiary/aromatic N) is 2. The van der Waals surface area contributed by atoms with E-state index in [1.54, 1.807) is 18.7 Å². The number of rotatable bonds is 11. The largest absolute Gasteiger partial charge is 0.447 e. The zero-order valence-electron chi connectivity index (χ0n) is 21.8. The number of amides is 3. The van der Waals surface area contributed by atoms with Gasteiger partial charge in [0, 0.05) is 19.0 Å². The van der Waals surface area contributed by atoms with Crippen molar-refractivity contribution in [3.8, 4) is 0 Å². The summed E-state index contributed by atoms with van der Waals surface area (Å²) in [5, 5.41) is 17.8. The standard InChI is InChI=1S/C25H45N5O5/c1-5-17(6-2)14-20(28-25(33)35-16(3)4)24(32)30-13-7-8-21(30)23(31)27-15-18-9-11-19(12-10-18)22(26)29-34/h16-21,34H,5-15H2,1-4H3,(H2,26,29)(H,27,31)(H,28,33)/t18?,19?,20-,21+/m1/s1. The third-order valence-electron chi connectivity index (χ3n) is 7.44. The van der Waals surface area contributed by atoms with Crippen molar-refractivity contribution in [1.29, 1.82) is 0 Å². The maximum atomic E-state index is 13.5. The minimum Gasteiger partial charge on any atom is -0.447 e. The summed E-state index contributed by atoms with van der Waals surface area (Å²) < 4.78 is 5.22. The third kappa shape index (κ3) is 8.58. The second-order valence-electron chi connectivity index (χ2n) is 10.2. The lowest BCUT2D eigenvalue weighted by Gasteiger charge is -2.31. The molecule has 5 N–H and O–H groups in total. The summed E-state index contributed by atoms with van der Waals surface area (Å²) in [7, 11) is 0. The van der Waals surface area contributed by atoms with E-state index in [1.165, 1.54) is 0 Å². The molecule has 1 saturated carbocycles. The maximum Gasteiger partial charge on any atom is 0.408 e. The molecule has 2 aliphatic rings. The first-order chi connectivity index (χ1) is 16.7. The van der Waals surface area contributed by atoms with Gasteiger partial charge in [0.05, 0.1) is 6.10 Å². The lowest BCUT2D eigenvalue weighted by atomic mass is 9.81. The van der Waals surface area contributed by atoms with Crippen LogP contribution in [0.3, 0.4) is 0 Å². The molecule has 35 heavy (non-hydrogen) atoms. The summed E-state index contributed by atoms with van der Waals surface area (Å²) in [6.07, 6.45) is 6.27. The average Bonchev–Trinajstić information content (AvgIpc) is 3.34. The molecule has 0 aromatic carbocycles. The molecule has 1 heterocycles. The minimum absolute atomic E-state index is 0.0942. The Hall–Kier alpha value is -2.52. The van der Waals surface area contributed by atoms with Crippen LogP contribution in [0.25, 0.3) is 0 Å². The first-order valence-electron chi connectivity index (χ1n) is 13.2. The van der Waals surface area contributed by atoms with Crippen LogP contribution in [0.2, 0.25) is 0 Å². The predicted octanol–water partition coefficient (Wildman–Crippen LogP) is 2.98. The highest BCUT2D eigenvalue weighted by molar-refractivity contribution is 5.92. The first-order valence-corrected chi connectivity index (χ1v) is 13.2. The Balaban J connectivity index is 1.97. The summed E-state index contributed by atoms with van der Waals surface area (Å²) in [6, 6.07) is -1.24. The van der Waals surface area contributed by atoms with E-state index in [9.17, 15) is 14.4 Å². The number of ether oxygens (including phenoxy) is 1. The van der Waals surface area contributed by atoms with E-state index in [4.69, 9.17) is 15.7 Å². The Morgan fingerprint density at radius 1 is 1.11 bits per heavy atom. The van der Waals surface area contributed by atoms with Crippen molar-refractivity contribution < 1.29 is 24.3 Å². The number of amidine groups is 1. The molecule has 0 unspecified atom stereocenters. The molecule has 1 aliphatic carbocycles. The second kappa shape index (κ2) is 14.1. The number of alkyl carbamates (subject to hydrolysis) is 1. The molecular weight excluding hydrogens is 450 g/mol. The number of nitrogens with two attached hydrogens (primary N) is 1. The van der Waals surface area contributed by atoms with Gasteiger partial charge in [-0.15, -0.1) is 0 Å². The van der Waals surface area contributed by atoms with Crippen molar-refractivity contribution in [3.63, 3.8) is 0 Å². The molecule has 10 heteroatoms. The highest BCUT2D eigenvalue weighted by Crippen LogP contribution is 2.29.